The minimum absolute atomic E-state index is 0.160. The average molecular weight is 296 g/mol. The maximum Gasteiger partial charge on any atom is 0.250 e. The molecule has 5 heteroatoms. The number of ether oxygens (including phenoxy) is 1. The van der Waals surface area contributed by atoms with Gasteiger partial charge in [-0.15, -0.1) is 0 Å². The van der Waals surface area contributed by atoms with Crippen LogP contribution < -0.4 is 15.8 Å². The number of nitrogens with one attached hydrogen (secondary N) is 1. The molecule has 0 bridgehead atoms. The highest BCUT2D eigenvalue weighted by molar-refractivity contribution is 6.05. The second kappa shape index (κ2) is 7.08. The zero-order chi connectivity index (χ0) is 15.9. The van der Waals surface area contributed by atoms with Crippen molar-refractivity contribution in [2.24, 2.45) is 5.73 Å². The first kappa shape index (κ1) is 15.3. The van der Waals surface area contributed by atoms with E-state index in [0.717, 1.165) is 0 Å². The van der Waals surface area contributed by atoms with Gasteiger partial charge in [-0.2, -0.15) is 0 Å². The van der Waals surface area contributed by atoms with Crippen LogP contribution in [0.5, 0.6) is 5.75 Å². The molecule has 0 unspecified atom stereocenters. The van der Waals surface area contributed by atoms with Crippen molar-refractivity contribution >= 4 is 17.4 Å². The number of carbonyl (C=O) groups is 2. The molecule has 0 fully saturated rings. The second-order valence-corrected chi connectivity index (χ2v) is 4.48. The van der Waals surface area contributed by atoms with Gasteiger partial charge < -0.3 is 15.8 Å². The molecule has 0 radical (unpaired) electrons. The van der Waals surface area contributed by atoms with E-state index in [-0.39, 0.29) is 5.78 Å². The predicted octanol–water partition coefficient (Wildman–Crippen LogP) is 2.60. The summed E-state index contributed by atoms with van der Waals surface area (Å²) in [6, 6.07) is 13.6. The number of ketones is 1. The van der Waals surface area contributed by atoms with E-state index in [1.165, 1.54) is 12.3 Å². The summed E-state index contributed by atoms with van der Waals surface area (Å²) in [5.74, 6) is -0.00118. The summed E-state index contributed by atoms with van der Waals surface area (Å²) in [6.07, 6.45) is 2.87. The van der Waals surface area contributed by atoms with E-state index in [2.05, 4.69) is 5.32 Å². The summed E-state index contributed by atoms with van der Waals surface area (Å²) in [7, 11) is 1.57. The van der Waals surface area contributed by atoms with Crippen LogP contribution in [0.1, 0.15) is 20.7 Å². The topological polar surface area (TPSA) is 81.4 Å². The Morgan fingerprint density at radius 2 is 1.77 bits per heavy atom. The summed E-state index contributed by atoms with van der Waals surface area (Å²) in [4.78, 5) is 23.3. The third kappa shape index (κ3) is 3.73. The van der Waals surface area contributed by atoms with E-state index in [1.807, 2.05) is 0 Å². The number of anilines is 1. The predicted molar refractivity (Wildman–Crippen MR) is 85.0 cm³/mol. The highest BCUT2D eigenvalue weighted by Gasteiger charge is 2.05. The molecule has 22 heavy (non-hydrogen) atoms. The van der Waals surface area contributed by atoms with Crippen LogP contribution in [0.25, 0.3) is 0 Å². The molecule has 0 aliphatic carbocycles. The number of hydrogen-bond donors (Lipinski definition) is 2. The number of amides is 1. The number of nitrogens with two attached hydrogens (primary N) is 1. The summed E-state index contributed by atoms with van der Waals surface area (Å²) < 4.78 is 5.04. The molecule has 0 aliphatic heterocycles. The minimum atomic E-state index is -0.530. The molecule has 0 heterocycles. The van der Waals surface area contributed by atoms with Crippen molar-refractivity contribution in [1.82, 2.24) is 0 Å². The van der Waals surface area contributed by atoms with Gasteiger partial charge in [-0.25, -0.2) is 0 Å². The third-order valence-electron chi connectivity index (χ3n) is 3.04. The van der Waals surface area contributed by atoms with Gasteiger partial charge in [0, 0.05) is 17.8 Å². The van der Waals surface area contributed by atoms with Gasteiger partial charge in [0.2, 0.25) is 0 Å². The van der Waals surface area contributed by atoms with Crippen LogP contribution in [-0.4, -0.2) is 18.8 Å². The average Bonchev–Trinajstić information content (AvgIpc) is 2.55. The van der Waals surface area contributed by atoms with Crippen molar-refractivity contribution in [2.45, 2.75) is 0 Å². The van der Waals surface area contributed by atoms with Crippen molar-refractivity contribution in [3.05, 3.63) is 71.9 Å². The molecule has 0 saturated carbocycles. The van der Waals surface area contributed by atoms with E-state index in [0.29, 0.717) is 22.6 Å². The molecule has 2 rings (SSSR count). The van der Waals surface area contributed by atoms with Crippen LogP contribution in [0, 0.1) is 0 Å². The Morgan fingerprint density at radius 1 is 1.09 bits per heavy atom. The number of primary amides is 1. The van der Waals surface area contributed by atoms with E-state index in [9.17, 15) is 9.59 Å². The maximum absolute atomic E-state index is 12.0. The lowest BCUT2D eigenvalue weighted by Crippen LogP contribution is -2.13. The van der Waals surface area contributed by atoms with Gasteiger partial charge >= 0.3 is 0 Å². The molecule has 0 aliphatic rings. The summed E-state index contributed by atoms with van der Waals surface area (Å²) in [6.45, 7) is 0. The van der Waals surface area contributed by atoms with Gasteiger partial charge in [0.05, 0.1) is 18.4 Å². The van der Waals surface area contributed by atoms with Gasteiger partial charge in [-0.1, -0.05) is 12.1 Å². The fourth-order valence-electron chi connectivity index (χ4n) is 1.88. The zero-order valence-electron chi connectivity index (χ0n) is 12.1. The molecule has 1 amide bonds. The number of carbonyl (C=O) groups excluding carboxylic acids is 2. The highest BCUT2D eigenvalue weighted by atomic mass is 16.5. The quantitative estimate of drug-likeness (QED) is 0.634. The van der Waals surface area contributed by atoms with Gasteiger partial charge in [0.1, 0.15) is 5.75 Å². The van der Waals surface area contributed by atoms with Crippen LogP contribution in [0.15, 0.2) is 60.8 Å². The third-order valence-corrected chi connectivity index (χ3v) is 3.04. The van der Waals surface area contributed by atoms with E-state index in [4.69, 9.17) is 10.5 Å². The Balaban J connectivity index is 2.06. The number of methoxy groups -OCH3 is 1. The normalized spacial score (nSPS) is 10.4. The number of rotatable bonds is 6. The molecule has 5 nitrogen and oxygen atoms in total. The number of allylic oxidation sites excluding steroid dienone is 1. The largest absolute Gasteiger partial charge is 0.497 e. The molecule has 2 aromatic rings. The maximum atomic E-state index is 12.0. The summed E-state index contributed by atoms with van der Waals surface area (Å²) in [5, 5.41) is 2.89. The summed E-state index contributed by atoms with van der Waals surface area (Å²) in [5.41, 5.74) is 6.74. The van der Waals surface area contributed by atoms with Crippen molar-refractivity contribution in [3.63, 3.8) is 0 Å². The molecule has 112 valence electrons. The lowest BCUT2D eigenvalue weighted by atomic mass is 10.1. The standard InChI is InChI=1S/C17H16N2O3/c1-22-13-8-6-12(7-9-13)16(20)10-11-19-15-5-3-2-4-14(15)17(18)21/h2-11,19H,1H3,(H2,18,21). The molecule has 0 spiro atoms. The lowest BCUT2D eigenvalue weighted by Gasteiger charge is -2.05. The molecular weight excluding hydrogens is 280 g/mol. The highest BCUT2D eigenvalue weighted by Crippen LogP contribution is 2.15. The number of benzene rings is 2. The molecule has 0 atom stereocenters. The van der Waals surface area contributed by atoms with Gasteiger partial charge in [0.25, 0.3) is 5.91 Å². The van der Waals surface area contributed by atoms with Crippen LogP contribution in [-0.2, 0) is 0 Å². The monoisotopic (exact) mass is 296 g/mol. The first-order valence-corrected chi connectivity index (χ1v) is 6.62. The summed E-state index contributed by atoms with van der Waals surface area (Å²) >= 11 is 0. The zero-order valence-corrected chi connectivity index (χ0v) is 12.1. The van der Waals surface area contributed by atoms with Crippen molar-refractivity contribution in [3.8, 4) is 5.75 Å². The van der Waals surface area contributed by atoms with Crippen LogP contribution in [0.2, 0.25) is 0 Å². The smallest absolute Gasteiger partial charge is 0.250 e. The van der Waals surface area contributed by atoms with Gasteiger partial charge in [0.15, 0.2) is 5.78 Å². The number of para-hydroxylation sites is 1. The van der Waals surface area contributed by atoms with Crippen LogP contribution in [0.3, 0.4) is 0 Å². The van der Waals surface area contributed by atoms with Crippen molar-refractivity contribution < 1.29 is 14.3 Å². The lowest BCUT2D eigenvalue weighted by molar-refractivity contribution is 0.0999. The first-order chi connectivity index (χ1) is 10.6. The van der Waals surface area contributed by atoms with Crippen molar-refractivity contribution in [1.29, 1.82) is 0 Å². The fraction of sp³-hybridized carbons (Fsp3) is 0.0588. The van der Waals surface area contributed by atoms with Gasteiger partial charge in [-0.05, 0) is 36.4 Å². The molecule has 3 N–H and O–H groups in total. The first-order valence-electron chi connectivity index (χ1n) is 6.62. The Bertz CT molecular complexity index is 706. The number of hydrogen-bond acceptors (Lipinski definition) is 4. The van der Waals surface area contributed by atoms with E-state index in [1.54, 1.807) is 55.6 Å². The molecular formula is C17H16N2O3. The van der Waals surface area contributed by atoms with Gasteiger partial charge in [-0.3, -0.25) is 9.59 Å². The van der Waals surface area contributed by atoms with Crippen molar-refractivity contribution in [2.75, 3.05) is 12.4 Å². The van der Waals surface area contributed by atoms with Crippen LogP contribution in [0.4, 0.5) is 5.69 Å². The Labute approximate surface area is 128 Å². The Morgan fingerprint density at radius 3 is 2.41 bits per heavy atom. The Kier molecular flexibility index (Phi) is 4.93. The minimum Gasteiger partial charge on any atom is -0.497 e. The van der Waals surface area contributed by atoms with E-state index >= 15 is 0 Å². The fourth-order valence-corrected chi connectivity index (χ4v) is 1.88. The molecule has 0 saturated heterocycles. The van der Waals surface area contributed by atoms with E-state index < -0.39 is 5.91 Å². The second-order valence-electron chi connectivity index (χ2n) is 4.48. The molecule has 0 aromatic heterocycles. The Hall–Kier alpha value is -3.08. The van der Waals surface area contributed by atoms with Crippen LogP contribution >= 0.6 is 0 Å². The SMILES string of the molecule is COc1ccc(C(=O)C=CNc2ccccc2C(N)=O)cc1. The molecule has 2 aromatic carbocycles.